The standard InChI is InChI=1S/C10H15N3OS/c14-8(6-1-2-6)5-11-10-12-9(13-15-10)7-3-4-7/h6-8,14H,1-5H2,(H,11,12,13). The van der Waals surface area contributed by atoms with Crippen molar-refractivity contribution >= 4 is 16.7 Å². The minimum absolute atomic E-state index is 0.210. The third-order valence-corrected chi connectivity index (χ3v) is 3.70. The van der Waals surface area contributed by atoms with Crippen molar-refractivity contribution < 1.29 is 5.11 Å². The van der Waals surface area contributed by atoms with E-state index < -0.39 is 0 Å². The second-order valence-corrected chi connectivity index (χ2v) is 5.27. The molecule has 2 fully saturated rings. The lowest BCUT2D eigenvalue weighted by Crippen LogP contribution is -2.21. The Labute approximate surface area is 92.9 Å². The summed E-state index contributed by atoms with van der Waals surface area (Å²) in [5.74, 6) is 2.13. The first-order valence-corrected chi connectivity index (χ1v) is 6.36. The molecule has 1 aromatic heterocycles. The molecule has 2 saturated carbocycles. The molecule has 2 aliphatic rings. The maximum atomic E-state index is 9.67. The number of aliphatic hydroxyl groups excluding tert-OH is 1. The fourth-order valence-corrected chi connectivity index (χ4v) is 2.31. The summed E-state index contributed by atoms with van der Waals surface area (Å²) in [7, 11) is 0. The van der Waals surface area contributed by atoms with Gasteiger partial charge in [0.15, 0.2) is 0 Å². The zero-order chi connectivity index (χ0) is 10.3. The van der Waals surface area contributed by atoms with Crippen LogP contribution in [0.25, 0.3) is 0 Å². The summed E-state index contributed by atoms with van der Waals surface area (Å²) in [6.45, 7) is 0.615. The lowest BCUT2D eigenvalue weighted by molar-refractivity contribution is 0.164. The van der Waals surface area contributed by atoms with Gasteiger partial charge in [-0.2, -0.15) is 4.37 Å². The molecule has 1 atom stereocenters. The maximum Gasteiger partial charge on any atom is 0.202 e. The Morgan fingerprint density at radius 1 is 1.40 bits per heavy atom. The summed E-state index contributed by atoms with van der Waals surface area (Å²) in [5, 5.41) is 13.7. The molecule has 1 aromatic rings. The van der Waals surface area contributed by atoms with Gasteiger partial charge in [-0.15, -0.1) is 0 Å². The van der Waals surface area contributed by atoms with Crippen LogP contribution >= 0.6 is 11.5 Å². The van der Waals surface area contributed by atoms with Crippen LogP contribution in [0.3, 0.4) is 0 Å². The van der Waals surface area contributed by atoms with Crippen LogP contribution in [-0.2, 0) is 0 Å². The molecule has 0 bridgehead atoms. The van der Waals surface area contributed by atoms with Crippen molar-refractivity contribution in [1.29, 1.82) is 0 Å². The first-order chi connectivity index (χ1) is 7.33. The molecular weight excluding hydrogens is 210 g/mol. The number of nitrogens with one attached hydrogen (secondary N) is 1. The summed E-state index contributed by atoms with van der Waals surface area (Å²) in [6.07, 6.45) is 4.61. The minimum Gasteiger partial charge on any atom is -0.391 e. The number of nitrogens with zero attached hydrogens (tertiary/aromatic N) is 2. The van der Waals surface area contributed by atoms with E-state index in [2.05, 4.69) is 14.7 Å². The second kappa shape index (κ2) is 3.72. The number of rotatable bonds is 5. The van der Waals surface area contributed by atoms with E-state index in [1.807, 2.05) is 0 Å². The molecule has 0 radical (unpaired) electrons. The highest BCUT2D eigenvalue weighted by molar-refractivity contribution is 7.09. The van der Waals surface area contributed by atoms with Gasteiger partial charge in [0.2, 0.25) is 5.13 Å². The molecule has 0 amide bonds. The Morgan fingerprint density at radius 3 is 2.87 bits per heavy atom. The predicted molar refractivity (Wildman–Crippen MR) is 59.1 cm³/mol. The first-order valence-electron chi connectivity index (χ1n) is 5.58. The zero-order valence-electron chi connectivity index (χ0n) is 8.52. The average molecular weight is 225 g/mol. The summed E-state index contributed by atoms with van der Waals surface area (Å²) in [5.41, 5.74) is 0. The number of aromatic nitrogens is 2. The molecule has 82 valence electrons. The van der Waals surface area contributed by atoms with Crippen molar-refractivity contribution in [2.75, 3.05) is 11.9 Å². The molecule has 1 heterocycles. The van der Waals surface area contributed by atoms with E-state index in [1.165, 1.54) is 37.2 Å². The summed E-state index contributed by atoms with van der Waals surface area (Å²) in [6, 6.07) is 0. The van der Waals surface area contributed by atoms with Gasteiger partial charge in [-0.05, 0) is 31.6 Å². The molecular formula is C10H15N3OS. The molecule has 5 heteroatoms. The normalized spacial score (nSPS) is 22.7. The number of anilines is 1. The van der Waals surface area contributed by atoms with E-state index >= 15 is 0 Å². The summed E-state index contributed by atoms with van der Waals surface area (Å²) < 4.78 is 4.30. The van der Waals surface area contributed by atoms with Crippen molar-refractivity contribution in [3.8, 4) is 0 Å². The Kier molecular flexibility index (Phi) is 2.36. The molecule has 2 aliphatic carbocycles. The van der Waals surface area contributed by atoms with Crippen LogP contribution in [-0.4, -0.2) is 27.1 Å². The molecule has 4 nitrogen and oxygen atoms in total. The highest BCUT2D eigenvalue weighted by Crippen LogP contribution is 2.39. The smallest absolute Gasteiger partial charge is 0.202 e. The minimum atomic E-state index is -0.210. The highest BCUT2D eigenvalue weighted by Gasteiger charge is 2.30. The molecule has 0 aromatic carbocycles. The van der Waals surface area contributed by atoms with Crippen molar-refractivity contribution in [3.63, 3.8) is 0 Å². The summed E-state index contributed by atoms with van der Waals surface area (Å²) in [4.78, 5) is 4.41. The monoisotopic (exact) mass is 225 g/mol. The second-order valence-electron chi connectivity index (χ2n) is 4.52. The van der Waals surface area contributed by atoms with Crippen molar-refractivity contribution in [2.24, 2.45) is 5.92 Å². The topological polar surface area (TPSA) is 58.0 Å². The van der Waals surface area contributed by atoms with E-state index in [0.717, 1.165) is 11.0 Å². The van der Waals surface area contributed by atoms with Crippen LogP contribution < -0.4 is 5.32 Å². The van der Waals surface area contributed by atoms with Gasteiger partial charge in [0.05, 0.1) is 6.10 Å². The Hall–Kier alpha value is -0.680. The fourth-order valence-electron chi connectivity index (χ4n) is 1.65. The SMILES string of the molecule is OC(CNc1nc(C2CC2)ns1)C1CC1. The molecule has 0 spiro atoms. The van der Waals surface area contributed by atoms with E-state index in [-0.39, 0.29) is 6.10 Å². The van der Waals surface area contributed by atoms with Gasteiger partial charge >= 0.3 is 0 Å². The molecule has 0 aliphatic heterocycles. The third-order valence-electron chi connectivity index (χ3n) is 3.01. The van der Waals surface area contributed by atoms with Gasteiger partial charge in [-0.3, -0.25) is 0 Å². The molecule has 3 rings (SSSR count). The van der Waals surface area contributed by atoms with Crippen LogP contribution in [0.2, 0.25) is 0 Å². The highest BCUT2D eigenvalue weighted by atomic mass is 32.1. The average Bonchev–Trinajstić information content (AvgIpc) is 3.12. The quantitative estimate of drug-likeness (QED) is 0.799. The van der Waals surface area contributed by atoms with Crippen LogP contribution in [0.15, 0.2) is 0 Å². The van der Waals surface area contributed by atoms with Crippen LogP contribution in [0.5, 0.6) is 0 Å². The molecule has 2 N–H and O–H groups in total. The summed E-state index contributed by atoms with van der Waals surface area (Å²) >= 11 is 1.41. The van der Waals surface area contributed by atoms with Gasteiger partial charge in [0.25, 0.3) is 0 Å². The lowest BCUT2D eigenvalue weighted by atomic mass is 10.2. The van der Waals surface area contributed by atoms with Gasteiger partial charge in [-0.25, -0.2) is 4.98 Å². The number of hydrogen-bond donors (Lipinski definition) is 2. The number of aliphatic hydroxyl groups is 1. The molecule has 15 heavy (non-hydrogen) atoms. The van der Waals surface area contributed by atoms with Crippen LogP contribution in [0, 0.1) is 5.92 Å². The molecule has 1 unspecified atom stereocenters. The molecule has 0 saturated heterocycles. The Bertz CT molecular complexity index is 346. The van der Waals surface area contributed by atoms with Crippen molar-refractivity contribution in [2.45, 2.75) is 37.7 Å². The third kappa shape index (κ3) is 2.29. The zero-order valence-corrected chi connectivity index (χ0v) is 9.33. The van der Waals surface area contributed by atoms with Crippen LogP contribution in [0.1, 0.15) is 37.4 Å². The Morgan fingerprint density at radius 2 is 2.20 bits per heavy atom. The fraction of sp³-hybridized carbons (Fsp3) is 0.800. The van der Waals surface area contributed by atoms with E-state index in [9.17, 15) is 5.11 Å². The first kappa shape index (κ1) is 9.54. The largest absolute Gasteiger partial charge is 0.391 e. The van der Waals surface area contributed by atoms with Crippen molar-refractivity contribution in [1.82, 2.24) is 9.36 Å². The maximum absolute atomic E-state index is 9.67. The predicted octanol–water partition coefficient (Wildman–Crippen LogP) is 1.60. The lowest BCUT2D eigenvalue weighted by Gasteiger charge is -2.08. The van der Waals surface area contributed by atoms with Crippen LogP contribution in [0.4, 0.5) is 5.13 Å². The van der Waals surface area contributed by atoms with Gasteiger partial charge < -0.3 is 10.4 Å². The van der Waals surface area contributed by atoms with Gasteiger partial charge in [0.1, 0.15) is 5.82 Å². The van der Waals surface area contributed by atoms with Crippen molar-refractivity contribution in [3.05, 3.63) is 5.82 Å². The Balaban J connectivity index is 1.52. The van der Waals surface area contributed by atoms with Gasteiger partial charge in [0, 0.05) is 24.0 Å². The van der Waals surface area contributed by atoms with E-state index in [1.54, 1.807) is 0 Å². The van der Waals surface area contributed by atoms with E-state index in [4.69, 9.17) is 0 Å². The van der Waals surface area contributed by atoms with E-state index in [0.29, 0.717) is 18.4 Å². The number of hydrogen-bond acceptors (Lipinski definition) is 5. The van der Waals surface area contributed by atoms with Gasteiger partial charge in [-0.1, -0.05) is 0 Å².